The maximum atomic E-state index is 8.35. The van der Waals surface area contributed by atoms with Crippen LogP contribution in [-0.4, -0.2) is 41.2 Å². The molecule has 1 radical (unpaired) electrons. The Morgan fingerprint density at radius 1 is 1.44 bits per heavy atom. The molecule has 0 aromatic rings. The van der Waals surface area contributed by atoms with E-state index in [1.165, 1.54) is 0 Å². The van der Waals surface area contributed by atoms with Crippen LogP contribution in [0, 0.1) is 6.61 Å². The summed E-state index contributed by atoms with van der Waals surface area (Å²) in [4.78, 5) is 0. The van der Waals surface area contributed by atoms with Gasteiger partial charge in [-0.1, -0.05) is 0 Å². The molecule has 0 amide bonds. The van der Waals surface area contributed by atoms with Crippen molar-refractivity contribution >= 4 is 0 Å². The first-order valence-corrected chi connectivity index (χ1v) is 2.66. The van der Waals surface area contributed by atoms with Gasteiger partial charge in [0.05, 0.1) is 19.8 Å². The molecule has 0 rings (SSSR count). The Kier molecular flexibility index (Phi) is 5.86. The molecule has 0 bridgehead atoms. The van der Waals surface area contributed by atoms with E-state index in [1.807, 2.05) is 0 Å². The molecular formula is C5H11O4. The van der Waals surface area contributed by atoms with E-state index in [0.717, 1.165) is 6.61 Å². The molecule has 4 nitrogen and oxygen atoms in total. The summed E-state index contributed by atoms with van der Waals surface area (Å²) in [5.41, 5.74) is 0. The zero-order valence-electron chi connectivity index (χ0n) is 5.03. The van der Waals surface area contributed by atoms with Crippen molar-refractivity contribution in [1.29, 1.82) is 0 Å². The van der Waals surface area contributed by atoms with Crippen LogP contribution in [0.2, 0.25) is 0 Å². The molecule has 55 valence electrons. The second-order valence-corrected chi connectivity index (χ2v) is 1.46. The third kappa shape index (κ3) is 4.35. The lowest BCUT2D eigenvalue weighted by Gasteiger charge is -2.09. The van der Waals surface area contributed by atoms with E-state index in [1.54, 1.807) is 0 Å². The van der Waals surface area contributed by atoms with Crippen molar-refractivity contribution in [3.05, 3.63) is 6.61 Å². The highest BCUT2D eigenvalue weighted by atomic mass is 16.5. The summed E-state index contributed by atoms with van der Waals surface area (Å²) in [5, 5.41) is 24.8. The summed E-state index contributed by atoms with van der Waals surface area (Å²) in [6, 6.07) is 0. The van der Waals surface area contributed by atoms with Crippen LogP contribution in [0.4, 0.5) is 0 Å². The Hall–Kier alpha value is -0.160. The highest BCUT2D eigenvalue weighted by Gasteiger charge is 2.03. The van der Waals surface area contributed by atoms with Crippen LogP contribution in [0.25, 0.3) is 0 Å². The third-order valence-corrected chi connectivity index (χ3v) is 0.769. The zero-order valence-corrected chi connectivity index (χ0v) is 5.03. The lowest BCUT2D eigenvalue weighted by molar-refractivity contribution is -0.00733. The van der Waals surface area contributed by atoms with E-state index in [-0.39, 0.29) is 19.8 Å². The summed E-state index contributed by atoms with van der Waals surface area (Å²) < 4.78 is 4.68. The van der Waals surface area contributed by atoms with E-state index in [4.69, 9.17) is 15.3 Å². The Labute approximate surface area is 53.7 Å². The van der Waals surface area contributed by atoms with Crippen molar-refractivity contribution in [3.63, 3.8) is 0 Å². The minimum absolute atomic E-state index is 0.107. The van der Waals surface area contributed by atoms with Crippen molar-refractivity contribution in [2.24, 2.45) is 0 Å². The molecule has 0 saturated carbocycles. The average molecular weight is 135 g/mol. The Bertz CT molecular complexity index is 52.9. The lowest BCUT2D eigenvalue weighted by Crippen LogP contribution is -2.19. The maximum Gasteiger partial charge on any atom is 0.111 e. The van der Waals surface area contributed by atoms with Gasteiger partial charge in [0.2, 0.25) is 0 Å². The molecule has 0 aromatic heterocycles. The fourth-order valence-electron chi connectivity index (χ4n) is 0.347. The van der Waals surface area contributed by atoms with Crippen molar-refractivity contribution < 1.29 is 20.1 Å². The summed E-state index contributed by atoms with van der Waals surface area (Å²) in [7, 11) is 0. The van der Waals surface area contributed by atoms with Crippen molar-refractivity contribution in [2.45, 2.75) is 6.10 Å². The van der Waals surface area contributed by atoms with Gasteiger partial charge in [0.25, 0.3) is 0 Å². The van der Waals surface area contributed by atoms with Crippen LogP contribution in [0.15, 0.2) is 0 Å². The molecule has 0 saturated heterocycles. The standard InChI is InChI=1S/C5H11O4/c6-1-2-9-5(3-7)4-8/h3,5-8H,1-2,4H2. The third-order valence-electron chi connectivity index (χ3n) is 0.769. The zero-order chi connectivity index (χ0) is 7.11. The summed E-state index contributed by atoms with van der Waals surface area (Å²) in [5.74, 6) is 0. The molecule has 1 atom stereocenters. The predicted octanol–water partition coefficient (Wildman–Crippen LogP) is -1.11. The Balaban J connectivity index is 3.09. The highest BCUT2D eigenvalue weighted by molar-refractivity contribution is 4.62. The van der Waals surface area contributed by atoms with Crippen molar-refractivity contribution in [2.75, 3.05) is 19.8 Å². The lowest BCUT2D eigenvalue weighted by atomic mass is 10.4. The smallest absolute Gasteiger partial charge is 0.111 e. The number of ether oxygens (including phenoxy) is 1. The van der Waals surface area contributed by atoms with Crippen LogP contribution >= 0.6 is 0 Å². The van der Waals surface area contributed by atoms with Crippen LogP contribution in [0.1, 0.15) is 0 Å². The van der Waals surface area contributed by atoms with E-state index in [9.17, 15) is 0 Å². The van der Waals surface area contributed by atoms with Gasteiger partial charge >= 0.3 is 0 Å². The molecule has 0 spiro atoms. The van der Waals surface area contributed by atoms with Gasteiger partial charge in [-0.2, -0.15) is 0 Å². The first-order chi connectivity index (χ1) is 4.35. The molecule has 0 aromatic carbocycles. The summed E-state index contributed by atoms with van der Waals surface area (Å²) in [6.45, 7) is 0.499. The molecule has 0 aliphatic heterocycles. The molecule has 0 aliphatic carbocycles. The minimum atomic E-state index is -0.669. The van der Waals surface area contributed by atoms with Gasteiger partial charge in [-0.3, -0.25) is 0 Å². The maximum absolute atomic E-state index is 8.35. The fraction of sp³-hybridized carbons (Fsp3) is 0.800. The summed E-state index contributed by atoms with van der Waals surface area (Å²) in [6.07, 6.45) is -0.669. The number of aliphatic hydroxyl groups is 3. The van der Waals surface area contributed by atoms with Crippen LogP contribution in [0.3, 0.4) is 0 Å². The molecule has 0 fully saturated rings. The van der Waals surface area contributed by atoms with Crippen LogP contribution in [-0.2, 0) is 4.74 Å². The van der Waals surface area contributed by atoms with Gasteiger partial charge in [0, 0.05) is 0 Å². The average Bonchev–Trinajstić information content (AvgIpc) is 1.91. The number of hydrogen-bond acceptors (Lipinski definition) is 4. The topological polar surface area (TPSA) is 69.9 Å². The molecular weight excluding hydrogens is 124 g/mol. The van der Waals surface area contributed by atoms with E-state index >= 15 is 0 Å². The number of rotatable bonds is 5. The minimum Gasteiger partial charge on any atom is -0.394 e. The van der Waals surface area contributed by atoms with Gasteiger partial charge in [-0.05, 0) is 0 Å². The first kappa shape index (κ1) is 8.84. The quantitative estimate of drug-likeness (QED) is 0.447. The van der Waals surface area contributed by atoms with Crippen LogP contribution < -0.4 is 0 Å². The second kappa shape index (κ2) is 5.97. The normalized spacial score (nSPS) is 10.7. The van der Waals surface area contributed by atoms with Crippen molar-refractivity contribution in [3.8, 4) is 0 Å². The number of aliphatic hydroxyl groups excluding tert-OH is 3. The van der Waals surface area contributed by atoms with E-state index in [0.29, 0.717) is 0 Å². The largest absolute Gasteiger partial charge is 0.394 e. The Morgan fingerprint density at radius 2 is 2.11 bits per heavy atom. The molecule has 3 N–H and O–H groups in total. The van der Waals surface area contributed by atoms with Gasteiger partial charge in [0.1, 0.15) is 12.7 Å². The van der Waals surface area contributed by atoms with Crippen LogP contribution in [0.5, 0.6) is 0 Å². The molecule has 0 aliphatic rings. The summed E-state index contributed by atoms with van der Waals surface area (Å²) >= 11 is 0. The Morgan fingerprint density at radius 3 is 2.44 bits per heavy atom. The number of hydrogen-bond donors (Lipinski definition) is 3. The second-order valence-electron chi connectivity index (χ2n) is 1.46. The van der Waals surface area contributed by atoms with Crippen molar-refractivity contribution in [1.82, 2.24) is 0 Å². The van der Waals surface area contributed by atoms with E-state index < -0.39 is 6.10 Å². The van der Waals surface area contributed by atoms with Gasteiger partial charge in [0.15, 0.2) is 0 Å². The first-order valence-electron chi connectivity index (χ1n) is 2.66. The molecule has 4 heteroatoms. The molecule has 0 heterocycles. The van der Waals surface area contributed by atoms with Gasteiger partial charge < -0.3 is 20.1 Å². The van der Waals surface area contributed by atoms with Gasteiger partial charge in [-0.25, -0.2) is 0 Å². The SMILES string of the molecule is O[CH]C(CO)OCCO. The molecule has 1 unspecified atom stereocenters. The molecule has 9 heavy (non-hydrogen) atoms. The van der Waals surface area contributed by atoms with Gasteiger partial charge in [-0.15, -0.1) is 0 Å². The predicted molar refractivity (Wildman–Crippen MR) is 30.1 cm³/mol. The monoisotopic (exact) mass is 135 g/mol. The van der Waals surface area contributed by atoms with E-state index in [2.05, 4.69) is 4.74 Å². The fourth-order valence-corrected chi connectivity index (χ4v) is 0.347. The highest BCUT2D eigenvalue weighted by Crippen LogP contribution is 1.91.